The summed E-state index contributed by atoms with van der Waals surface area (Å²) in [5.74, 6) is 1.03. The number of aliphatic imine (C=N–C) groups is 1. The van der Waals surface area contributed by atoms with Gasteiger partial charge in [-0.1, -0.05) is 0 Å². The molecule has 13 heavy (non-hydrogen) atoms. The molecule has 0 amide bonds. The Balaban J connectivity index is 1.97. The van der Waals surface area contributed by atoms with E-state index in [-0.39, 0.29) is 5.37 Å². The van der Waals surface area contributed by atoms with Gasteiger partial charge in [0.1, 0.15) is 17.9 Å². The topological polar surface area (TPSA) is 51.7 Å². The van der Waals surface area contributed by atoms with Gasteiger partial charge in [0.15, 0.2) is 0 Å². The van der Waals surface area contributed by atoms with E-state index in [0.29, 0.717) is 0 Å². The number of nitrogens with zero attached hydrogens (tertiary/aromatic N) is 2. The monoisotopic (exact) mass is 195 g/mol. The number of thioether (sulfide) groups is 1. The Morgan fingerprint density at radius 1 is 1.62 bits per heavy atom. The summed E-state index contributed by atoms with van der Waals surface area (Å²) >= 11 is 1.73. The van der Waals surface area contributed by atoms with Crippen molar-refractivity contribution in [2.45, 2.75) is 5.37 Å². The average Bonchev–Trinajstić information content (AvgIpc) is 2.61. The summed E-state index contributed by atoms with van der Waals surface area (Å²) in [6, 6.07) is 0. The van der Waals surface area contributed by atoms with Gasteiger partial charge in [-0.05, 0) is 5.41 Å². The van der Waals surface area contributed by atoms with Crippen LogP contribution in [0.3, 0.4) is 0 Å². The highest BCUT2D eigenvalue weighted by Gasteiger charge is 2.28. The van der Waals surface area contributed by atoms with Crippen LogP contribution in [0.15, 0.2) is 28.5 Å². The van der Waals surface area contributed by atoms with Crippen LogP contribution in [0.5, 0.6) is 0 Å². The Kier molecular flexibility index (Phi) is 1.58. The van der Waals surface area contributed by atoms with Gasteiger partial charge >= 0.3 is 0 Å². The molecule has 0 aromatic carbocycles. The summed E-state index contributed by atoms with van der Waals surface area (Å²) in [4.78, 5) is 4.29. The molecule has 3 rings (SSSR count). The SMILES string of the molecule is C1=CSC2NN3CNNC3=CC2=N1. The molecule has 0 aliphatic carbocycles. The van der Waals surface area contributed by atoms with E-state index in [0.717, 1.165) is 18.2 Å². The van der Waals surface area contributed by atoms with Crippen molar-refractivity contribution in [3.8, 4) is 0 Å². The molecule has 3 aliphatic heterocycles. The predicted molar refractivity (Wildman–Crippen MR) is 52.2 cm³/mol. The highest BCUT2D eigenvalue weighted by atomic mass is 32.2. The Morgan fingerprint density at radius 2 is 2.62 bits per heavy atom. The van der Waals surface area contributed by atoms with E-state index in [1.807, 2.05) is 16.6 Å². The molecule has 1 saturated heterocycles. The maximum Gasteiger partial charge on any atom is 0.134 e. The van der Waals surface area contributed by atoms with Gasteiger partial charge in [0.2, 0.25) is 0 Å². The van der Waals surface area contributed by atoms with Gasteiger partial charge in [0.05, 0.1) is 5.71 Å². The first-order valence-electron chi connectivity index (χ1n) is 4.06. The summed E-state index contributed by atoms with van der Waals surface area (Å²) in [5, 5.41) is 4.29. The fraction of sp³-hybridized carbons (Fsp3) is 0.286. The van der Waals surface area contributed by atoms with E-state index in [2.05, 4.69) is 27.3 Å². The third kappa shape index (κ3) is 1.14. The summed E-state index contributed by atoms with van der Waals surface area (Å²) in [5.41, 5.74) is 10.5. The second-order valence-electron chi connectivity index (χ2n) is 2.90. The van der Waals surface area contributed by atoms with E-state index < -0.39 is 0 Å². The lowest BCUT2D eigenvalue weighted by atomic mass is 10.3. The molecular formula is C7H9N5S. The van der Waals surface area contributed by atoms with Crippen molar-refractivity contribution in [1.82, 2.24) is 21.3 Å². The van der Waals surface area contributed by atoms with Crippen molar-refractivity contribution in [2.24, 2.45) is 4.99 Å². The van der Waals surface area contributed by atoms with Crippen LogP contribution in [-0.2, 0) is 0 Å². The minimum Gasteiger partial charge on any atom is -0.305 e. The molecule has 0 saturated carbocycles. The molecule has 6 heteroatoms. The zero-order valence-corrected chi connectivity index (χ0v) is 7.64. The molecule has 5 nitrogen and oxygen atoms in total. The number of hydrazine groups is 2. The van der Waals surface area contributed by atoms with Gasteiger partial charge in [-0.2, -0.15) is 0 Å². The maximum atomic E-state index is 4.29. The molecule has 68 valence electrons. The predicted octanol–water partition coefficient (Wildman–Crippen LogP) is -0.302. The maximum absolute atomic E-state index is 4.29. The minimum absolute atomic E-state index is 0.260. The van der Waals surface area contributed by atoms with E-state index in [4.69, 9.17) is 0 Å². The molecule has 1 unspecified atom stereocenters. The number of hydrogen-bond donors (Lipinski definition) is 3. The minimum atomic E-state index is 0.260. The van der Waals surface area contributed by atoms with Crippen LogP contribution >= 0.6 is 11.8 Å². The van der Waals surface area contributed by atoms with Crippen molar-refractivity contribution in [3.63, 3.8) is 0 Å². The molecule has 0 aromatic rings. The smallest absolute Gasteiger partial charge is 0.134 e. The van der Waals surface area contributed by atoms with Crippen LogP contribution < -0.4 is 16.3 Å². The van der Waals surface area contributed by atoms with E-state index in [9.17, 15) is 0 Å². The number of hydrogen-bond acceptors (Lipinski definition) is 6. The van der Waals surface area contributed by atoms with Crippen LogP contribution in [0.1, 0.15) is 0 Å². The van der Waals surface area contributed by atoms with Crippen molar-refractivity contribution < 1.29 is 0 Å². The standard InChI is InChI=1S/C7H9N5S/c1-2-13-7-5(8-1)3-6-10-9-4-12(6)11-7/h1-3,7,9-11H,4H2. The first-order valence-corrected chi connectivity index (χ1v) is 5.00. The lowest BCUT2D eigenvalue weighted by Crippen LogP contribution is -2.49. The van der Waals surface area contributed by atoms with E-state index in [1.165, 1.54) is 0 Å². The molecular weight excluding hydrogens is 186 g/mol. The van der Waals surface area contributed by atoms with Crippen molar-refractivity contribution in [1.29, 1.82) is 0 Å². The van der Waals surface area contributed by atoms with Gasteiger partial charge in [-0.3, -0.25) is 10.0 Å². The molecule has 3 aliphatic rings. The quantitative estimate of drug-likeness (QED) is 0.495. The lowest BCUT2D eigenvalue weighted by Gasteiger charge is -2.30. The van der Waals surface area contributed by atoms with Gasteiger partial charge in [0.25, 0.3) is 0 Å². The van der Waals surface area contributed by atoms with E-state index in [1.54, 1.807) is 11.8 Å². The Hall–Kier alpha value is -0.980. The summed E-state index contributed by atoms with van der Waals surface area (Å²) in [6.45, 7) is 0.778. The second kappa shape index (κ2) is 2.76. The Bertz CT molecular complexity index is 321. The zero-order chi connectivity index (χ0) is 8.67. The fourth-order valence-corrected chi connectivity index (χ4v) is 2.19. The first kappa shape index (κ1) is 7.43. The highest BCUT2D eigenvalue weighted by molar-refractivity contribution is 8.03. The van der Waals surface area contributed by atoms with Crippen LogP contribution in [-0.4, -0.2) is 22.8 Å². The molecule has 3 heterocycles. The summed E-state index contributed by atoms with van der Waals surface area (Å²) in [7, 11) is 0. The Labute approximate surface area is 79.9 Å². The van der Waals surface area contributed by atoms with Crippen LogP contribution in [0.2, 0.25) is 0 Å². The third-order valence-corrected chi connectivity index (χ3v) is 2.97. The highest BCUT2D eigenvalue weighted by Crippen LogP contribution is 2.22. The number of nitrogens with one attached hydrogen (secondary N) is 3. The van der Waals surface area contributed by atoms with E-state index >= 15 is 0 Å². The largest absolute Gasteiger partial charge is 0.305 e. The van der Waals surface area contributed by atoms with Crippen molar-refractivity contribution in [3.05, 3.63) is 23.5 Å². The number of rotatable bonds is 0. The lowest BCUT2D eigenvalue weighted by molar-refractivity contribution is 0.277. The van der Waals surface area contributed by atoms with Crippen molar-refractivity contribution >= 4 is 17.5 Å². The second-order valence-corrected chi connectivity index (χ2v) is 3.92. The zero-order valence-electron chi connectivity index (χ0n) is 6.82. The molecule has 1 atom stereocenters. The van der Waals surface area contributed by atoms with Crippen LogP contribution in [0, 0.1) is 0 Å². The molecule has 0 bridgehead atoms. The third-order valence-electron chi connectivity index (χ3n) is 2.07. The normalized spacial score (nSPS) is 30.2. The van der Waals surface area contributed by atoms with Gasteiger partial charge < -0.3 is 5.43 Å². The molecule has 3 N–H and O–H groups in total. The van der Waals surface area contributed by atoms with Gasteiger partial charge in [-0.15, -0.1) is 11.8 Å². The molecule has 0 radical (unpaired) electrons. The van der Waals surface area contributed by atoms with Gasteiger partial charge in [-0.25, -0.2) is 10.9 Å². The average molecular weight is 195 g/mol. The van der Waals surface area contributed by atoms with Crippen LogP contribution in [0.25, 0.3) is 0 Å². The fourth-order valence-electron chi connectivity index (χ4n) is 1.45. The van der Waals surface area contributed by atoms with Gasteiger partial charge in [0, 0.05) is 12.3 Å². The van der Waals surface area contributed by atoms with Crippen molar-refractivity contribution in [2.75, 3.05) is 6.67 Å². The molecule has 1 fully saturated rings. The first-order chi connectivity index (χ1) is 6.43. The molecule has 0 spiro atoms. The summed E-state index contributed by atoms with van der Waals surface area (Å²) < 4.78 is 0. The number of fused-ring (bicyclic) bond motifs is 2. The Morgan fingerprint density at radius 3 is 3.62 bits per heavy atom. The van der Waals surface area contributed by atoms with Crippen LogP contribution in [0.4, 0.5) is 0 Å². The molecule has 0 aromatic heterocycles. The summed E-state index contributed by atoms with van der Waals surface area (Å²) in [6.07, 6.45) is 3.88.